The number of hydrogen-bond acceptors (Lipinski definition) is 0. The Morgan fingerprint density at radius 2 is 1.21 bits per heavy atom. The standard InChI is InChI=1S/C30H20Cl4/c31-29(32)25-18-21-14-7-8-15-24(21)26-22(19-10-3-1-4-11-19)16-9-17-23(20-12-5-2-6-13-20)27(26)28(25)30(33)34/h1-18,29-30H. The van der Waals surface area contributed by atoms with E-state index in [-0.39, 0.29) is 0 Å². The topological polar surface area (TPSA) is 0 Å². The summed E-state index contributed by atoms with van der Waals surface area (Å²) in [6.07, 6.45) is 8.35. The zero-order valence-corrected chi connectivity index (χ0v) is 21.1. The smallest absolute Gasteiger partial charge is 0.100 e. The zero-order valence-electron chi connectivity index (χ0n) is 18.1. The molecule has 4 heteroatoms. The molecule has 0 aromatic heterocycles. The minimum atomic E-state index is -0.840. The molecule has 0 unspecified atom stereocenters. The third-order valence-corrected chi connectivity index (χ3v) is 6.97. The summed E-state index contributed by atoms with van der Waals surface area (Å²) in [4.78, 5) is -1.64. The van der Waals surface area contributed by atoms with Gasteiger partial charge in [0.25, 0.3) is 0 Å². The quantitative estimate of drug-likeness (QED) is 0.309. The van der Waals surface area contributed by atoms with Crippen molar-refractivity contribution in [2.45, 2.75) is 9.67 Å². The second kappa shape index (κ2) is 10.0. The van der Waals surface area contributed by atoms with E-state index in [0.717, 1.165) is 49.4 Å². The first-order valence-corrected chi connectivity index (χ1v) is 12.7. The lowest BCUT2D eigenvalue weighted by Gasteiger charge is -2.23. The van der Waals surface area contributed by atoms with Gasteiger partial charge in [0.2, 0.25) is 0 Å². The average molecular weight is 522 g/mol. The van der Waals surface area contributed by atoms with Crippen LogP contribution in [0.25, 0.3) is 22.8 Å². The minimum absolute atomic E-state index is 0.701. The van der Waals surface area contributed by atoms with Crippen molar-refractivity contribution in [1.82, 2.24) is 0 Å². The Balaban J connectivity index is 2.02. The predicted octanol–water partition coefficient (Wildman–Crippen LogP) is 7.64. The third-order valence-electron chi connectivity index (χ3n) is 6.06. The van der Waals surface area contributed by atoms with Crippen LogP contribution in [0.4, 0.5) is 0 Å². The lowest BCUT2D eigenvalue weighted by atomic mass is 9.83. The van der Waals surface area contributed by atoms with E-state index in [1.807, 2.05) is 54.6 Å². The fourth-order valence-corrected chi connectivity index (χ4v) is 5.44. The largest absolute Gasteiger partial charge is 0.133 e. The monoisotopic (exact) mass is 520 g/mol. The molecule has 0 radical (unpaired) electrons. The van der Waals surface area contributed by atoms with Crippen LogP contribution in [-0.4, -0.2) is 9.67 Å². The molecule has 3 aromatic carbocycles. The molecule has 3 aromatic rings. The number of alkyl halides is 4. The van der Waals surface area contributed by atoms with E-state index in [0.29, 0.717) is 5.57 Å². The Morgan fingerprint density at radius 3 is 1.85 bits per heavy atom. The summed E-state index contributed by atoms with van der Waals surface area (Å²) in [5, 5.41) is 2.08. The van der Waals surface area contributed by atoms with Gasteiger partial charge in [-0.1, -0.05) is 103 Å². The van der Waals surface area contributed by atoms with Crippen molar-refractivity contribution in [3.63, 3.8) is 0 Å². The second-order valence-corrected chi connectivity index (χ2v) is 10.2. The Labute approximate surface area is 219 Å². The SMILES string of the molecule is ClC(Cl)C1=C(C(Cl)Cl)C2=C(c3ccccc3)C=CC=C(c3ccccc3)C2=c2ccccc2=C1. The van der Waals surface area contributed by atoms with Crippen molar-refractivity contribution in [2.24, 2.45) is 0 Å². The number of rotatable bonds is 4. The van der Waals surface area contributed by atoms with Crippen molar-refractivity contribution in [3.8, 4) is 0 Å². The summed E-state index contributed by atoms with van der Waals surface area (Å²) in [6.45, 7) is 0. The molecule has 0 amide bonds. The van der Waals surface area contributed by atoms with Gasteiger partial charge < -0.3 is 0 Å². The van der Waals surface area contributed by atoms with Gasteiger partial charge in [0, 0.05) is 0 Å². The van der Waals surface area contributed by atoms with Gasteiger partial charge >= 0.3 is 0 Å². The first-order chi connectivity index (χ1) is 16.6. The van der Waals surface area contributed by atoms with E-state index in [9.17, 15) is 0 Å². The van der Waals surface area contributed by atoms with Gasteiger partial charge in [0.15, 0.2) is 0 Å². The molecule has 0 spiro atoms. The van der Waals surface area contributed by atoms with Crippen LogP contribution in [0.1, 0.15) is 11.1 Å². The van der Waals surface area contributed by atoms with Gasteiger partial charge in [0.05, 0.1) is 0 Å². The maximum absolute atomic E-state index is 6.71. The van der Waals surface area contributed by atoms with Gasteiger partial charge in [-0.2, -0.15) is 0 Å². The highest BCUT2D eigenvalue weighted by Gasteiger charge is 2.30. The van der Waals surface area contributed by atoms with E-state index in [4.69, 9.17) is 46.4 Å². The molecule has 2 aliphatic carbocycles. The molecule has 0 bridgehead atoms. The lowest BCUT2D eigenvalue weighted by Crippen LogP contribution is -2.27. The van der Waals surface area contributed by atoms with E-state index in [1.165, 1.54) is 0 Å². The van der Waals surface area contributed by atoms with Crippen molar-refractivity contribution in [2.75, 3.05) is 0 Å². The molecule has 0 saturated carbocycles. The van der Waals surface area contributed by atoms with Gasteiger partial charge in [-0.05, 0) is 61.1 Å². The maximum Gasteiger partial charge on any atom is 0.133 e. The summed E-state index contributed by atoms with van der Waals surface area (Å²) in [7, 11) is 0. The van der Waals surface area contributed by atoms with E-state index < -0.39 is 9.67 Å². The summed E-state index contributed by atoms with van der Waals surface area (Å²) < 4.78 is 0. The number of fused-ring (bicyclic) bond motifs is 2. The Bertz CT molecular complexity index is 1470. The Hall–Kier alpha value is -2.48. The molecule has 0 nitrogen and oxygen atoms in total. The van der Waals surface area contributed by atoms with Crippen LogP contribution in [0.3, 0.4) is 0 Å². The molecule has 34 heavy (non-hydrogen) atoms. The van der Waals surface area contributed by atoms with E-state index >= 15 is 0 Å². The van der Waals surface area contributed by atoms with Crippen LogP contribution >= 0.6 is 46.4 Å². The van der Waals surface area contributed by atoms with Crippen LogP contribution in [0.2, 0.25) is 0 Å². The summed E-state index contributed by atoms with van der Waals surface area (Å²) in [5.41, 5.74) is 7.64. The molecular formula is C30H20Cl4. The van der Waals surface area contributed by atoms with Crippen molar-refractivity contribution >= 4 is 69.2 Å². The minimum Gasteiger partial charge on any atom is -0.100 e. The third kappa shape index (κ3) is 4.32. The summed E-state index contributed by atoms with van der Waals surface area (Å²) >= 11 is 26.5. The Morgan fingerprint density at radius 1 is 0.588 bits per heavy atom. The number of benzene rings is 3. The van der Waals surface area contributed by atoms with Gasteiger partial charge in [-0.15, -0.1) is 46.4 Å². The van der Waals surface area contributed by atoms with Crippen molar-refractivity contribution < 1.29 is 0 Å². The molecule has 0 N–H and O–H groups in total. The van der Waals surface area contributed by atoms with E-state index in [1.54, 1.807) is 0 Å². The normalized spacial score (nSPS) is 15.6. The molecule has 0 atom stereocenters. The molecule has 5 rings (SSSR count). The van der Waals surface area contributed by atoms with Crippen LogP contribution in [0.15, 0.2) is 120 Å². The fraction of sp³-hybridized carbons (Fsp3) is 0.0667. The highest BCUT2D eigenvalue weighted by Crippen LogP contribution is 2.45. The number of halogens is 4. The highest BCUT2D eigenvalue weighted by atomic mass is 35.5. The number of allylic oxidation sites excluding steroid dienone is 8. The molecule has 0 aliphatic heterocycles. The molecule has 0 fully saturated rings. The average Bonchev–Trinajstić information content (AvgIpc) is 3.13. The predicted molar refractivity (Wildman–Crippen MR) is 148 cm³/mol. The summed E-state index contributed by atoms with van der Waals surface area (Å²) in [5.74, 6) is 0. The second-order valence-electron chi connectivity index (χ2n) is 8.04. The van der Waals surface area contributed by atoms with Crippen LogP contribution in [0.5, 0.6) is 0 Å². The number of hydrogen-bond donors (Lipinski definition) is 0. The van der Waals surface area contributed by atoms with Gasteiger partial charge in [-0.25, -0.2) is 0 Å². The summed E-state index contributed by atoms with van der Waals surface area (Å²) in [6, 6.07) is 28.8. The molecule has 2 aliphatic rings. The molecule has 0 saturated heterocycles. The first-order valence-electron chi connectivity index (χ1n) is 10.9. The van der Waals surface area contributed by atoms with Crippen LogP contribution < -0.4 is 10.4 Å². The zero-order chi connectivity index (χ0) is 23.7. The maximum atomic E-state index is 6.71. The van der Waals surface area contributed by atoms with Crippen molar-refractivity contribution in [3.05, 3.63) is 141 Å². The molecule has 0 heterocycles. The highest BCUT2D eigenvalue weighted by molar-refractivity contribution is 6.49. The fourth-order valence-electron chi connectivity index (χ4n) is 4.61. The Kier molecular flexibility index (Phi) is 6.86. The van der Waals surface area contributed by atoms with E-state index in [2.05, 4.69) is 54.6 Å². The van der Waals surface area contributed by atoms with Crippen LogP contribution in [0, 0.1) is 0 Å². The van der Waals surface area contributed by atoms with Gasteiger partial charge in [0.1, 0.15) is 9.67 Å². The van der Waals surface area contributed by atoms with Crippen molar-refractivity contribution in [1.29, 1.82) is 0 Å². The lowest BCUT2D eigenvalue weighted by molar-refractivity contribution is 1.29. The van der Waals surface area contributed by atoms with Crippen LogP contribution in [-0.2, 0) is 0 Å². The molecular weight excluding hydrogens is 502 g/mol. The van der Waals surface area contributed by atoms with Gasteiger partial charge in [-0.3, -0.25) is 0 Å². The first kappa shape index (κ1) is 23.3. The molecule has 168 valence electrons.